The number of aryl methyl sites for hydroxylation is 2. The van der Waals surface area contributed by atoms with E-state index >= 15 is 0 Å². The van der Waals surface area contributed by atoms with Gasteiger partial charge in [0.1, 0.15) is 5.75 Å². The van der Waals surface area contributed by atoms with Gasteiger partial charge in [0.15, 0.2) is 5.75 Å². The molecule has 17 heavy (non-hydrogen) atoms. The number of nitrogens with two attached hydrogens (primary N) is 1. The van der Waals surface area contributed by atoms with Crippen LogP contribution in [0.15, 0.2) is 30.6 Å². The Bertz CT molecular complexity index is 485. The predicted octanol–water partition coefficient (Wildman–Crippen LogP) is 2.98. The third-order valence-corrected chi connectivity index (χ3v) is 2.37. The molecular formula is C13H17N3O. The Labute approximate surface area is 101 Å². The molecule has 2 aromatic rings. The molecule has 0 aliphatic rings. The molecule has 2 N–H and O–H groups in total. The fourth-order valence-corrected chi connectivity index (χ4v) is 1.72. The molecule has 0 atom stereocenters. The van der Waals surface area contributed by atoms with E-state index in [1.54, 1.807) is 6.20 Å². The SMILES string of the molecule is CCCn1cc(Oc2cc(C)cc(N)c2)cn1. The van der Waals surface area contributed by atoms with Gasteiger partial charge < -0.3 is 10.5 Å². The molecule has 0 radical (unpaired) electrons. The van der Waals surface area contributed by atoms with E-state index in [9.17, 15) is 0 Å². The van der Waals surface area contributed by atoms with E-state index in [1.165, 1.54) is 0 Å². The molecule has 0 saturated carbocycles. The van der Waals surface area contributed by atoms with E-state index in [1.807, 2.05) is 36.0 Å². The van der Waals surface area contributed by atoms with Crippen LogP contribution in [0.4, 0.5) is 5.69 Å². The molecule has 0 amide bonds. The van der Waals surface area contributed by atoms with Gasteiger partial charge in [-0.15, -0.1) is 0 Å². The second-order valence-corrected chi connectivity index (χ2v) is 4.12. The van der Waals surface area contributed by atoms with Gasteiger partial charge in [0, 0.05) is 18.3 Å². The van der Waals surface area contributed by atoms with Gasteiger partial charge in [-0.3, -0.25) is 4.68 Å². The molecule has 4 nitrogen and oxygen atoms in total. The summed E-state index contributed by atoms with van der Waals surface area (Å²) < 4.78 is 7.57. The van der Waals surface area contributed by atoms with Gasteiger partial charge in [-0.2, -0.15) is 5.10 Å². The number of anilines is 1. The van der Waals surface area contributed by atoms with E-state index in [-0.39, 0.29) is 0 Å². The number of nitrogen functional groups attached to an aromatic ring is 1. The molecule has 4 heteroatoms. The summed E-state index contributed by atoms with van der Waals surface area (Å²) in [6, 6.07) is 5.67. The monoisotopic (exact) mass is 231 g/mol. The van der Waals surface area contributed by atoms with E-state index in [0.717, 1.165) is 30.0 Å². The minimum Gasteiger partial charge on any atom is -0.454 e. The van der Waals surface area contributed by atoms with E-state index in [0.29, 0.717) is 5.69 Å². The van der Waals surface area contributed by atoms with Gasteiger partial charge >= 0.3 is 0 Å². The van der Waals surface area contributed by atoms with Crippen LogP contribution in [0.25, 0.3) is 0 Å². The van der Waals surface area contributed by atoms with Crippen LogP contribution < -0.4 is 10.5 Å². The molecular weight excluding hydrogens is 214 g/mol. The molecule has 0 unspecified atom stereocenters. The van der Waals surface area contributed by atoms with Crippen molar-refractivity contribution >= 4 is 5.69 Å². The highest BCUT2D eigenvalue weighted by atomic mass is 16.5. The van der Waals surface area contributed by atoms with E-state index in [4.69, 9.17) is 10.5 Å². The smallest absolute Gasteiger partial charge is 0.165 e. The second kappa shape index (κ2) is 4.91. The summed E-state index contributed by atoms with van der Waals surface area (Å²) in [4.78, 5) is 0. The molecule has 90 valence electrons. The number of benzene rings is 1. The first-order valence-corrected chi connectivity index (χ1v) is 5.75. The molecule has 2 rings (SSSR count). The van der Waals surface area contributed by atoms with Crippen molar-refractivity contribution in [3.63, 3.8) is 0 Å². The topological polar surface area (TPSA) is 53.1 Å². The van der Waals surface area contributed by atoms with Crippen LogP contribution in [0.2, 0.25) is 0 Å². The molecule has 0 spiro atoms. The van der Waals surface area contributed by atoms with Crippen molar-refractivity contribution in [3.8, 4) is 11.5 Å². The fourth-order valence-electron chi connectivity index (χ4n) is 1.72. The van der Waals surface area contributed by atoms with E-state index in [2.05, 4.69) is 12.0 Å². The summed E-state index contributed by atoms with van der Waals surface area (Å²) in [5.74, 6) is 1.49. The first-order chi connectivity index (χ1) is 8.17. The molecule has 0 saturated heterocycles. The van der Waals surface area contributed by atoms with Crippen molar-refractivity contribution in [1.29, 1.82) is 0 Å². The molecule has 1 heterocycles. The van der Waals surface area contributed by atoms with Crippen LogP contribution >= 0.6 is 0 Å². The summed E-state index contributed by atoms with van der Waals surface area (Å²) >= 11 is 0. The van der Waals surface area contributed by atoms with Crippen molar-refractivity contribution in [1.82, 2.24) is 9.78 Å². The minimum atomic E-state index is 0.709. The average Bonchev–Trinajstić information content (AvgIpc) is 2.64. The van der Waals surface area contributed by atoms with Crippen LogP contribution in [-0.2, 0) is 6.54 Å². The van der Waals surface area contributed by atoms with Crippen molar-refractivity contribution in [2.24, 2.45) is 0 Å². The van der Waals surface area contributed by atoms with E-state index < -0.39 is 0 Å². The standard InChI is InChI=1S/C13H17N3O/c1-3-4-16-9-13(8-15-16)17-12-6-10(2)5-11(14)7-12/h5-9H,3-4,14H2,1-2H3. The van der Waals surface area contributed by atoms with Gasteiger partial charge in [-0.1, -0.05) is 6.92 Å². The molecule has 0 fully saturated rings. The lowest BCUT2D eigenvalue weighted by Crippen LogP contribution is -1.95. The van der Waals surface area contributed by atoms with Crippen LogP contribution in [0, 0.1) is 6.92 Å². The number of nitrogens with zero attached hydrogens (tertiary/aromatic N) is 2. The molecule has 0 aliphatic heterocycles. The van der Waals surface area contributed by atoms with Crippen molar-refractivity contribution in [3.05, 3.63) is 36.2 Å². The number of hydrogen-bond acceptors (Lipinski definition) is 3. The fraction of sp³-hybridized carbons (Fsp3) is 0.308. The molecule has 0 aliphatic carbocycles. The summed E-state index contributed by atoms with van der Waals surface area (Å²) in [6.45, 7) is 5.01. The van der Waals surface area contributed by atoms with Gasteiger partial charge in [0.05, 0.1) is 12.4 Å². The maximum Gasteiger partial charge on any atom is 0.165 e. The lowest BCUT2D eigenvalue weighted by molar-refractivity contribution is 0.480. The molecule has 0 bridgehead atoms. The third kappa shape index (κ3) is 3.00. The lowest BCUT2D eigenvalue weighted by atomic mass is 10.2. The van der Waals surface area contributed by atoms with Crippen LogP contribution in [0.5, 0.6) is 11.5 Å². The summed E-state index contributed by atoms with van der Waals surface area (Å²) in [5.41, 5.74) is 7.56. The highest BCUT2D eigenvalue weighted by Crippen LogP contribution is 2.24. The zero-order valence-corrected chi connectivity index (χ0v) is 10.2. The van der Waals surface area contributed by atoms with Crippen LogP contribution in [-0.4, -0.2) is 9.78 Å². The van der Waals surface area contributed by atoms with Crippen LogP contribution in [0.1, 0.15) is 18.9 Å². The molecule has 1 aromatic carbocycles. The quantitative estimate of drug-likeness (QED) is 0.823. The summed E-state index contributed by atoms with van der Waals surface area (Å²) in [6.07, 6.45) is 4.66. The Kier molecular flexibility index (Phi) is 3.32. The maximum absolute atomic E-state index is 5.77. The Morgan fingerprint density at radius 2 is 2.12 bits per heavy atom. The van der Waals surface area contributed by atoms with Gasteiger partial charge in [0.2, 0.25) is 0 Å². The minimum absolute atomic E-state index is 0.709. The van der Waals surface area contributed by atoms with Crippen LogP contribution in [0.3, 0.4) is 0 Å². The van der Waals surface area contributed by atoms with Gasteiger partial charge in [0.25, 0.3) is 0 Å². The number of hydrogen-bond donors (Lipinski definition) is 1. The first kappa shape index (κ1) is 11.5. The maximum atomic E-state index is 5.77. The van der Waals surface area contributed by atoms with Gasteiger partial charge in [-0.25, -0.2) is 0 Å². The largest absolute Gasteiger partial charge is 0.454 e. The van der Waals surface area contributed by atoms with Gasteiger partial charge in [-0.05, 0) is 31.0 Å². The number of rotatable bonds is 4. The first-order valence-electron chi connectivity index (χ1n) is 5.75. The highest BCUT2D eigenvalue weighted by molar-refractivity contribution is 5.48. The Morgan fingerprint density at radius 1 is 1.29 bits per heavy atom. The Hall–Kier alpha value is -1.97. The third-order valence-electron chi connectivity index (χ3n) is 2.37. The van der Waals surface area contributed by atoms with Crippen molar-refractivity contribution < 1.29 is 4.74 Å². The zero-order valence-electron chi connectivity index (χ0n) is 10.2. The van der Waals surface area contributed by atoms with Crippen molar-refractivity contribution in [2.45, 2.75) is 26.8 Å². The molecule has 1 aromatic heterocycles. The number of aromatic nitrogens is 2. The van der Waals surface area contributed by atoms with Crippen molar-refractivity contribution in [2.75, 3.05) is 5.73 Å². The number of ether oxygens (including phenoxy) is 1. The average molecular weight is 231 g/mol. The Morgan fingerprint density at radius 3 is 2.82 bits per heavy atom. The summed E-state index contributed by atoms with van der Waals surface area (Å²) in [5, 5.41) is 4.21. The highest BCUT2D eigenvalue weighted by Gasteiger charge is 2.02. The summed E-state index contributed by atoms with van der Waals surface area (Å²) in [7, 11) is 0. The Balaban J connectivity index is 2.13. The predicted molar refractivity (Wildman–Crippen MR) is 68.2 cm³/mol. The zero-order chi connectivity index (χ0) is 12.3. The normalized spacial score (nSPS) is 10.5. The lowest BCUT2D eigenvalue weighted by Gasteiger charge is -2.05. The second-order valence-electron chi connectivity index (χ2n) is 4.12.